The maximum absolute atomic E-state index is 14.8. The van der Waals surface area contributed by atoms with Gasteiger partial charge in [-0.15, -0.1) is 10.2 Å². The Morgan fingerprint density at radius 2 is 1.78 bits per heavy atom. The number of rotatable bonds is 6. The van der Waals surface area contributed by atoms with Crippen LogP contribution in [-0.2, 0) is 16.0 Å². The monoisotopic (exact) mass is 541 g/mol. The van der Waals surface area contributed by atoms with Crippen LogP contribution < -0.4 is 10.1 Å². The fourth-order valence-electron chi connectivity index (χ4n) is 3.87. The summed E-state index contributed by atoms with van der Waals surface area (Å²) in [4.78, 5) is 12.9. The first-order valence-electron chi connectivity index (χ1n) is 11.0. The smallest absolute Gasteiger partial charge is 0.434 e. The zero-order valence-electron chi connectivity index (χ0n) is 19.5. The predicted octanol–water partition coefficient (Wildman–Crippen LogP) is 5.80. The van der Waals surface area contributed by atoms with Gasteiger partial charge in [-0.2, -0.15) is 17.6 Å². The van der Waals surface area contributed by atoms with Gasteiger partial charge in [-0.25, -0.2) is 12.8 Å². The lowest BCUT2D eigenvalue weighted by atomic mass is 9.80. The fourth-order valence-corrected chi connectivity index (χ4v) is 4.54. The molecule has 0 saturated heterocycles. The summed E-state index contributed by atoms with van der Waals surface area (Å²) < 4.78 is 98.8. The normalized spacial score (nSPS) is 14.2. The van der Waals surface area contributed by atoms with Crippen molar-refractivity contribution in [2.45, 2.75) is 43.2 Å². The molecular weight excluding hydrogens is 521 g/mol. The SMILES string of the molecule is Cc1c(C(F)(F)F)nnc(Oc2ccc(C3CCC3)c(F)c2F)c1C(=O)Nc1cccc(S(C)(=O)=O)c1. The van der Waals surface area contributed by atoms with E-state index in [1.165, 1.54) is 24.3 Å². The van der Waals surface area contributed by atoms with Crippen molar-refractivity contribution < 1.29 is 39.9 Å². The van der Waals surface area contributed by atoms with E-state index >= 15 is 0 Å². The minimum atomic E-state index is -4.98. The van der Waals surface area contributed by atoms with E-state index in [9.17, 15) is 35.2 Å². The summed E-state index contributed by atoms with van der Waals surface area (Å²) in [6.45, 7) is 0.947. The van der Waals surface area contributed by atoms with Crippen LogP contribution in [0.15, 0.2) is 41.3 Å². The van der Waals surface area contributed by atoms with Gasteiger partial charge >= 0.3 is 6.18 Å². The topological polar surface area (TPSA) is 98.2 Å². The molecule has 1 aliphatic carbocycles. The molecule has 1 fully saturated rings. The number of hydrogen-bond acceptors (Lipinski definition) is 6. The molecule has 1 N–H and O–H groups in total. The van der Waals surface area contributed by atoms with Crippen LogP contribution in [0, 0.1) is 18.6 Å². The molecule has 0 radical (unpaired) electrons. The van der Waals surface area contributed by atoms with Crippen molar-refractivity contribution in [1.29, 1.82) is 0 Å². The number of nitrogens with zero attached hydrogens (tertiary/aromatic N) is 2. The molecular formula is C24H20F5N3O4S. The molecule has 37 heavy (non-hydrogen) atoms. The maximum atomic E-state index is 14.8. The third-order valence-corrected chi connectivity index (χ3v) is 7.14. The number of anilines is 1. The lowest BCUT2D eigenvalue weighted by Gasteiger charge is -2.26. The summed E-state index contributed by atoms with van der Waals surface area (Å²) in [6.07, 6.45) is -1.76. The molecule has 196 valence electrons. The molecule has 7 nitrogen and oxygen atoms in total. The number of carbonyl (C=O) groups is 1. The number of sulfone groups is 1. The second-order valence-electron chi connectivity index (χ2n) is 8.62. The number of aromatic nitrogens is 2. The van der Waals surface area contributed by atoms with Crippen LogP contribution in [0.1, 0.15) is 52.4 Å². The molecule has 2 aromatic carbocycles. The van der Waals surface area contributed by atoms with Crippen LogP contribution in [-0.4, -0.2) is 30.8 Å². The Morgan fingerprint density at radius 3 is 2.38 bits per heavy atom. The highest BCUT2D eigenvalue weighted by molar-refractivity contribution is 7.90. The van der Waals surface area contributed by atoms with Crippen LogP contribution >= 0.6 is 0 Å². The second-order valence-corrected chi connectivity index (χ2v) is 10.6. The van der Waals surface area contributed by atoms with Gasteiger partial charge in [0.05, 0.1) is 4.90 Å². The Balaban J connectivity index is 1.75. The van der Waals surface area contributed by atoms with E-state index < -0.39 is 62.0 Å². The van der Waals surface area contributed by atoms with Crippen molar-refractivity contribution in [3.63, 3.8) is 0 Å². The largest absolute Gasteiger partial charge is 0.435 e. The molecule has 0 atom stereocenters. The molecule has 1 amide bonds. The van der Waals surface area contributed by atoms with E-state index in [0.29, 0.717) is 12.8 Å². The van der Waals surface area contributed by atoms with Crippen molar-refractivity contribution in [2.75, 3.05) is 11.6 Å². The van der Waals surface area contributed by atoms with Gasteiger partial charge in [0.25, 0.3) is 11.8 Å². The summed E-state index contributed by atoms with van der Waals surface area (Å²) in [5, 5.41) is 8.72. The molecule has 13 heteroatoms. The standard InChI is InChI=1S/C24H20F5N3O4S/c1-12-18(22(33)30-14-7-4-8-15(11-14)37(2,34)35)23(32-31-21(12)24(27,28)29)36-17-10-9-16(13-5-3-6-13)19(25)20(17)26/h4,7-11,13H,3,5-6H2,1-2H3,(H,30,33). The summed E-state index contributed by atoms with van der Waals surface area (Å²) in [5.41, 5.74) is -2.79. The van der Waals surface area contributed by atoms with Gasteiger partial charge < -0.3 is 10.1 Å². The molecule has 0 unspecified atom stereocenters. The number of amides is 1. The molecule has 4 rings (SSSR count). The third-order valence-electron chi connectivity index (χ3n) is 6.03. The summed E-state index contributed by atoms with van der Waals surface area (Å²) in [5.74, 6) is -5.32. The van der Waals surface area contributed by atoms with Crippen LogP contribution in [0.5, 0.6) is 11.6 Å². The first kappa shape index (κ1) is 26.5. The van der Waals surface area contributed by atoms with E-state index in [2.05, 4.69) is 15.5 Å². The zero-order chi connectivity index (χ0) is 27.1. The molecule has 0 aliphatic heterocycles. The first-order valence-corrected chi connectivity index (χ1v) is 12.9. The second kappa shape index (κ2) is 9.69. The average Bonchev–Trinajstić information content (AvgIpc) is 2.76. The van der Waals surface area contributed by atoms with Crippen molar-refractivity contribution in [1.82, 2.24) is 10.2 Å². The number of hydrogen-bond donors (Lipinski definition) is 1. The van der Waals surface area contributed by atoms with Crippen LogP contribution in [0.4, 0.5) is 27.6 Å². The number of carbonyl (C=O) groups excluding carboxylic acids is 1. The molecule has 1 heterocycles. The van der Waals surface area contributed by atoms with Crippen LogP contribution in [0.3, 0.4) is 0 Å². The van der Waals surface area contributed by atoms with E-state index in [4.69, 9.17) is 4.74 Å². The van der Waals surface area contributed by atoms with Crippen LogP contribution in [0.25, 0.3) is 0 Å². The van der Waals surface area contributed by atoms with Gasteiger partial charge in [0.15, 0.2) is 27.1 Å². The number of nitrogens with one attached hydrogen (secondary N) is 1. The predicted molar refractivity (Wildman–Crippen MR) is 122 cm³/mol. The molecule has 3 aromatic rings. The minimum absolute atomic E-state index is 0.0503. The fraction of sp³-hybridized carbons (Fsp3) is 0.292. The molecule has 1 saturated carbocycles. The summed E-state index contributed by atoms with van der Waals surface area (Å²) in [7, 11) is -3.65. The lowest BCUT2D eigenvalue weighted by Crippen LogP contribution is -2.21. The zero-order valence-corrected chi connectivity index (χ0v) is 20.3. The number of benzene rings is 2. The summed E-state index contributed by atoms with van der Waals surface area (Å²) in [6, 6.07) is 7.44. The van der Waals surface area contributed by atoms with E-state index in [1.807, 2.05) is 0 Å². The Hall–Kier alpha value is -3.61. The van der Waals surface area contributed by atoms with Gasteiger partial charge in [0, 0.05) is 11.9 Å². The van der Waals surface area contributed by atoms with Gasteiger partial charge in [-0.1, -0.05) is 18.6 Å². The molecule has 0 spiro atoms. The van der Waals surface area contributed by atoms with Gasteiger partial charge in [0.2, 0.25) is 5.82 Å². The van der Waals surface area contributed by atoms with Gasteiger partial charge in [-0.05, 0) is 61.1 Å². The number of ether oxygens (including phenoxy) is 1. The minimum Gasteiger partial charge on any atom is -0.434 e. The third kappa shape index (κ3) is 5.41. The lowest BCUT2D eigenvalue weighted by molar-refractivity contribution is -0.142. The van der Waals surface area contributed by atoms with Crippen LogP contribution in [0.2, 0.25) is 0 Å². The quantitative estimate of drug-likeness (QED) is 0.397. The Morgan fingerprint density at radius 1 is 1.08 bits per heavy atom. The van der Waals surface area contributed by atoms with Crippen molar-refractivity contribution in [2.24, 2.45) is 0 Å². The Labute approximate surface area is 208 Å². The Kier molecular flexibility index (Phi) is 6.93. The highest BCUT2D eigenvalue weighted by atomic mass is 32.2. The first-order chi connectivity index (χ1) is 17.3. The van der Waals surface area contributed by atoms with E-state index in [-0.39, 0.29) is 22.1 Å². The van der Waals surface area contributed by atoms with E-state index in [0.717, 1.165) is 31.7 Å². The number of alkyl halides is 3. The highest BCUT2D eigenvalue weighted by Crippen LogP contribution is 2.41. The molecule has 0 bridgehead atoms. The van der Waals surface area contributed by atoms with Crippen molar-refractivity contribution in [3.8, 4) is 11.6 Å². The number of halogens is 5. The highest BCUT2D eigenvalue weighted by Gasteiger charge is 2.38. The average molecular weight is 541 g/mol. The van der Waals surface area contributed by atoms with E-state index in [1.54, 1.807) is 0 Å². The molecule has 1 aromatic heterocycles. The van der Waals surface area contributed by atoms with Gasteiger partial charge in [0.1, 0.15) is 5.56 Å². The maximum Gasteiger partial charge on any atom is 0.435 e. The van der Waals surface area contributed by atoms with Crippen molar-refractivity contribution >= 4 is 21.4 Å². The summed E-state index contributed by atoms with van der Waals surface area (Å²) >= 11 is 0. The van der Waals surface area contributed by atoms with Crippen molar-refractivity contribution in [3.05, 3.63) is 70.4 Å². The van der Waals surface area contributed by atoms with Gasteiger partial charge in [-0.3, -0.25) is 4.79 Å². The molecule has 1 aliphatic rings. The Bertz CT molecular complexity index is 1490.